The highest BCUT2D eigenvalue weighted by atomic mass is 16.5. The Kier molecular flexibility index (Phi) is 4.18. The molecule has 0 aromatic carbocycles. The minimum atomic E-state index is 0.00442. The van der Waals surface area contributed by atoms with Crippen LogP contribution in [0.3, 0.4) is 0 Å². The normalized spacial score (nSPS) is 24.1. The van der Waals surface area contributed by atoms with Crippen LogP contribution in [0, 0.1) is 0 Å². The number of ether oxygens (including phenoxy) is 1. The second-order valence-electron chi connectivity index (χ2n) is 7.41. The van der Waals surface area contributed by atoms with Gasteiger partial charge in [0.25, 0.3) is 5.91 Å². The van der Waals surface area contributed by atoms with E-state index in [1.165, 1.54) is 0 Å². The summed E-state index contributed by atoms with van der Waals surface area (Å²) in [5.74, 6) is 0.921. The Balaban J connectivity index is 1.41. The fourth-order valence-corrected chi connectivity index (χ4v) is 3.71. The molecule has 1 saturated carbocycles. The Labute approximate surface area is 143 Å². The van der Waals surface area contributed by atoms with Gasteiger partial charge in [-0.3, -0.25) is 4.79 Å². The summed E-state index contributed by atoms with van der Waals surface area (Å²) in [5, 5.41) is 3.04. The van der Waals surface area contributed by atoms with Crippen LogP contribution in [0.2, 0.25) is 0 Å². The zero-order valence-electron chi connectivity index (χ0n) is 14.3. The first kappa shape index (κ1) is 15.8. The number of nitrogens with one attached hydrogen (secondary N) is 1. The maximum absolute atomic E-state index is 12.2. The quantitative estimate of drug-likeness (QED) is 0.905. The lowest BCUT2D eigenvalue weighted by molar-refractivity contribution is -0.115. The van der Waals surface area contributed by atoms with Crippen LogP contribution in [-0.2, 0) is 4.74 Å². The molecule has 1 aliphatic carbocycles. The minimum Gasteiger partial charge on any atom is -0.372 e. The van der Waals surface area contributed by atoms with Crippen LogP contribution in [0.5, 0.6) is 0 Å². The molecule has 0 bridgehead atoms. The number of nitrogens with zero attached hydrogens (tertiary/aromatic N) is 3. The van der Waals surface area contributed by atoms with Crippen molar-refractivity contribution < 1.29 is 9.53 Å². The van der Waals surface area contributed by atoms with Crippen LogP contribution in [0.4, 0.5) is 5.82 Å². The average molecular weight is 330 g/mol. The summed E-state index contributed by atoms with van der Waals surface area (Å²) >= 11 is 0. The SMILES string of the molecule is CN1CCOC2(CCN(c3cc(C(=O)NC4CC4)ccn3)CC2)C1. The number of piperidine rings is 1. The second-order valence-corrected chi connectivity index (χ2v) is 7.41. The number of carbonyl (C=O) groups excluding carboxylic acids is 1. The Morgan fingerprint density at radius 3 is 2.83 bits per heavy atom. The van der Waals surface area contributed by atoms with Crippen LogP contribution in [0.15, 0.2) is 18.3 Å². The molecule has 3 fully saturated rings. The average Bonchev–Trinajstić information content (AvgIpc) is 3.39. The number of morpholine rings is 1. The number of rotatable bonds is 3. The summed E-state index contributed by atoms with van der Waals surface area (Å²) in [6.45, 7) is 4.71. The molecule has 1 aromatic heterocycles. The third-order valence-corrected chi connectivity index (χ3v) is 5.36. The van der Waals surface area contributed by atoms with E-state index < -0.39 is 0 Å². The lowest BCUT2D eigenvalue weighted by Gasteiger charge is -2.46. The van der Waals surface area contributed by atoms with E-state index in [1.807, 2.05) is 6.07 Å². The van der Waals surface area contributed by atoms with Crippen LogP contribution >= 0.6 is 0 Å². The van der Waals surface area contributed by atoms with Crippen molar-refractivity contribution in [2.45, 2.75) is 37.3 Å². The van der Waals surface area contributed by atoms with Gasteiger partial charge in [-0.2, -0.15) is 0 Å². The van der Waals surface area contributed by atoms with Gasteiger partial charge in [0.15, 0.2) is 0 Å². The van der Waals surface area contributed by atoms with Crippen LogP contribution in [-0.4, -0.2) is 67.3 Å². The molecule has 2 aliphatic heterocycles. The molecule has 1 amide bonds. The number of anilines is 1. The predicted octanol–water partition coefficient (Wildman–Crippen LogP) is 1.27. The lowest BCUT2D eigenvalue weighted by atomic mass is 9.89. The molecule has 130 valence electrons. The van der Waals surface area contributed by atoms with Crippen molar-refractivity contribution in [3.05, 3.63) is 23.9 Å². The van der Waals surface area contributed by atoms with Gasteiger partial charge in [0.2, 0.25) is 0 Å². The molecule has 6 nitrogen and oxygen atoms in total. The lowest BCUT2D eigenvalue weighted by Crippen LogP contribution is -2.56. The van der Waals surface area contributed by atoms with E-state index in [0.717, 1.165) is 64.3 Å². The molecule has 1 aromatic rings. The summed E-state index contributed by atoms with van der Waals surface area (Å²) in [6, 6.07) is 4.10. The molecule has 1 spiro atoms. The number of aromatic nitrogens is 1. The van der Waals surface area contributed by atoms with Gasteiger partial charge in [-0.1, -0.05) is 0 Å². The van der Waals surface area contributed by atoms with E-state index in [2.05, 4.69) is 27.1 Å². The zero-order chi connectivity index (χ0) is 16.6. The third kappa shape index (κ3) is 3.39. The Morgan fingerprint density at radius 2 is 2.12 bits per heavy atom. The summed E-state index contributed by atoms with van der Waals surface area (Å²) in [6.07, 6.45) is 5.97. The van der Waals surface area contributed by atoms with E-state index in [-0.39, 0.29) is 11.5 Å². The van der Waals surface area contributed by atoms with E-state index >= 15 is 0 Å². The van der Waals surface area contributed by atoms with Crippen LogP contribution in [0.1, 0.15) is 36.0 Å². The first-order valence-electron chi connectivity index (χ1n) is 8.98. The number of pyridine rings is 1. The van der Waals surface area contributed by atoms with Crippen molar-refractivity contribution in [1.82, 2.24) is 15.2 Å². The number of carbonyl (C=O) groups is 1. The molecule has 4 rings (SSSR count). The summed E-state index contributed by atoms with van der Waals surface area (Å²) in [7, 11) is 2.17. The molecule has 3 heterocycles. The number of hydrogen-bond acceptors (Lipinski definition) is 5. The number of likely N-dealkylation sites (N-methyl/N-ethyl adjacent to an activating group) is 1. The van der Waals surface area contributed by atoms with E-state index in [9.17, 15) is 4.79 Å². The number of amides is 1. The molecule has 3 aliphatic rings. The van der Waals surface area contributed by atoms with Crippen molar-refractivity contribution in [2.75, 3.05) is 44.7 Å². The standard InChI is InChI=1S/C18H26N4O2/c1-21-10-11-24-18(13-21)5-8-22(9-6-18)16-12-14(4-7-19-16)17(23)20-15-2-3-15/h4,7,12,15H,2-3,5-6,8-11,13H2,1H3,(H,20,23). The van der Waals surface area contributed by atoms with Gasteiger partial charge < -0.3 is 19.9 Å². The van der Waals surface area contributed by atoms with Gasteiger partial charge in [-0.15, -0.1) is 0 Å². The van der Waals surface area contributed by atoms with Crippen LogP contribution in [0.25, 0.3) is 0 Å². The molecule has 2 saturated heterocycles. The van der Waals surface area contributed by atoms with Crippen molar-refractivity contribution in [3.8, 4) is 0 Å². The van der Waals surface area contributed by atoms with E-state index in [1.54, 1.807) is 12.3 Å². The fraction of sp³-hybridized carbons (Fsp3) is 0.667. The molecule has 0 unspecified atom stereocenters. The molecule has 24 heavy (non-hydrogen) atoms. The largest absolute Gasteiger partial charge is 0.372 e. The van der Waals surface area contributed by atoms with Crippen molar-refractivity contribution >= 4 is 11.7 Å². The van der Waals surface area contributed by atoms with Gasteiger partial charge in [-0.05, 0) is 44.9 Å². The number of hydrogen-bond donors (Lipinski definition) is 1. The summed E-state index contributed by atoms with van der Waals surface area (Å²) in [4.78, 5) is 21.3. The highest BCUT2D eigenvalue weighted by molar-refractivity contribution is 5.95. The van der Waals surface area contributed by atoms with E-state index in [4.69, 9.17) is 4.74 Å². The molecular formula is C18H26N4O2. The summed E-state index contributed by atoms with van der Waals surface area (Å²) < 4.78 is 6.12. The van der Waals surface area contributed by atoms with Gasteiger partial charge in [-0.25, -0.2) is 4.98 Å². The highest BCUT2D eigenvalue weighted by Gasteiger charge is 2.39. The van der Waals surface area contributed by atoms with Gasteiger partial charge in [0, 0.05) is 44.0 Å². The molecule has 6 heteroatoms. The Morgan fingerprint density at radius 1 is 1.33 bits per heavy atom. The fourth-order valence-electron chi connectivity index (χ4n) is 3.71. The van der Waals surface area contributed by atoms with Crippen molar-refractivity contribution in [2.24, 2.45) is 0 Å². The maximum atomic E-state index is 12.2. The molecule has 0 radical (unpaired) electrons. The predicted molar refractivity (Wildman–Crippen MR) is 92.4 cm³/mol. The van der Waals surface area contributed by atoms with Gasteiger partial charge >= 0.3 is 0 Å². The first-order chi connectivity index (χ1) is 11.6. The van der Waals surface area contributed by atoms with Crippen LogP contribution < -0.4 is 10.2 Å². The van der Waals surface area contributed by atoms with Crippen molar-refractivity contribution in [3.63, 3.8) is 0 Å². The third-order valence-electron chi connectivity index (χ3n) is 5.36. The minimum absolute atomic E-state index is 0.00442. The molecular weight excluding hydrogens is 304 g/mol. The maximum Gasteiger partial charge on any atom is 0.251 e. The first-order valence-corrected chi connectivity index (χ1v) is 8.98. The molecule has 0 atom stereocenters. The topological polar surface area (TPSA) is 57.7 Å². The monoisotopic (exact) mass is 330 g/mol. The summed E-state index contributed by atoms with van der Waals surface area (Å²) in [5.41, 5.74) is 0.714. The van der Waals surface area contributed by atoms with E-state index in [0.29, 0.717) is 11.6 Å². The second kappa shape index (κ2) is 6.33. The van der Waals surface area contributed by atoms with Gasteiger partial charge in [0.05, 0.1) is 12.2 Å². The smallest absolute Gasteiger partial charge is 0.251 e. The highest BCUT2D eigenvalue weighted by Crippen LogP contribution is 2.31. The Hall–Kier alpha value is -1.66. The van der Waals surface area contributed by atoms with Crippen molar-refractivity contribution in [1.29, 1.82) is 0 Å². The van der Waals surface area contributed by atoms with Gasteiger partial charge in [0.1, 0.15) is 5.82 Å². The Bertz CT molecular complexity index is 609. The zero-order valence-corrected chi connectivity index (χ0v) is 14.3. The molecule has 1 N–H and O–H groups in total.